The van der Waals surface area contributed by atoms with E-state index in [9.17, 15) is 4.79 Å². The van der Waals surface area contributed by atoms with Crippen molar-refractivity contribution in [2.24, 2.45) is 5.73 Å². The third-order valence-corrected chi connectivity index (χ3v) is 6.45. The van der Waals surface area contributed by atoms with Gasteiger partial charge in [-0.1, -0.05) is 54.6 Å². The lowest BCUT2D eigenvalue weighted by Crippen LogP contribution is -2.44. The van der Waals surface area contributed by atoms with E-state index >= 15 is 0 Å². The highest BCUT2D eigenvalue weighted by Gasteiger charge is 2.29. The van der Waals surface area contributed by atoms with Crippen LogP contribution in [0.15, 0.2) is 69.9 Å². The zero-order chi connectivity index (χ0) is 19.0. The van der Waals surface area contributed by atoms with Gasteiger partial charge >= 0.3 is 0 Å². The lowest BCUT2D eigenvalue weighted by atomic mass is 9.90. The van der Waals surface area contributed by atoms with Crippen molar-refractivity contribution in [3.05, 3.63) is 92.3 Å². The van der Waals surface area contributed by atoms with E-state index in [-0.39, 0.29) is 17.6 Å². The Morgan fingerprint density at radius 2 is 1.81 bits per heavy atom. The van der Waals surface area contributed by atoms with E-state index in [4.69, 9.17) is 5.73 Å². The number of rotatable bonds is 3. The van der Waals surface area contributed by atoms with Gasteiger partial charge in [0.2, 0.25) is 0 Å². The SMILES string of the molecule is Cc1cc2n(c(=O)c1Br)C(Cc1cccc(-c3ccccc3)c1)C(N)CC2. The molecule has 0 saturated heterocycles. The summed E-state index contributed by atoms with van der Waals surface area (Å²) < 4.78 is 2.56. The number of nitrogens with two attached hydrogens (primary N) is 1. The van der Waals surface area contributed by atoms with E-state index in [1.807, 2.05) is 17.6 Å². The molecule has 0 amide bonds. The second-order valence-electron chi connectivity index (χ2n) is 7.35. The van der Waals surface area contributed by atoms with Crippen molar-refractivity contribution in [1.82, 2.24) is 4.57 Å². The summed E-state index contributed by atoms with van der Waals surface area (Å²) in [7, 11) is 0. The summed E-state index contributed by atoms with van der Waals surface area (Å²) in [6.07, 6.45) is 2.51. The third-order valence-electron chi connectivity index (χ3n) is 5.48. The molecule has 0 aliphatic carbocycles. The summed E-state index contributed by atoms with van der Waals surface area (Å²) in [5.74, 6) is 0. The largest absolute Gasteiger partial charge is 0.326 e. The lowest BCUT2D eigenvalue weighted by molar-refractivity contribution is 0.334. The van der Waals surface area contributed by atoms with Gasteiger partial charge in [-0.2, -0.15) is 0 Å². The van der Waals surface area contributed by atoms with Crippen molar-refractivity contribution >= 4 is 15.9 Å². The van der Waals surface area contributed by atoms with Crippen LogP contribution >= 0.6 is 15.9 Å². The Morgan fingerprint density at radius 3 is 2.59 bits per heavy atom. The first-order chi connectivity index (χ1) is 13.0. The predicted octanol–water partition coefficient (Wildman–Crippen LogP) is 4.64. The molecule has 4 rings (SSSR count). The Morgan fingerprint density at radius 1 is 1.07 bits per heavy atom. The number of hydrogen-bond acceptors (Lipinski definition) is 2. The van der Waals surface area contributed by atoms with E-state index in [0.29, 0.717) is 4.47 Å². The van der Waals surface area contributed by atoms with Gasteiger partial charge in [0.25, 0.3) is 5.56 Å². The maximum Gasteiger partial charge on any atom is 0.265 e. The van der Waals surface area contributed by atoms with Gasteiger partial charge in [0.15, 0.2) is 0 Å². The predicted molar refractivity (Wildman–Crippen MR) is 114 cm³/mol. The number of aryl methyl sites for hydroxylation is 2. The average molecular weight is 423 g/mol. The summed E-state index contributed by atoms with van der Waals surface area (Å²) in [5, 5.41) is 0. The summed E-state index contributed by atoms with van der Waals surface area (Å²) in [6, 6.07) is 21.0. The van der Waals surface area contributed by atoms with Crippen LogP contribution in [-0.2, 0) is 12.8 Å². The maximum atomic E-state index is 12.9. The fraction of sp³-hybridized carbons (Fsp3) is 0.261. The lowest BCUT2D eigenvalue weighted by Gasteiger charge is -2.34. The van der Waals surface area contributed by atoms with Crippen LogP contribution in [0.3, 0.4) is 0 Å². The Balaban J connectivity index is 1.72. The van der Waals surface area contributed by atoms with Crippen LogP contribution in [-0.4, -0.2) is 10.6 Å². The molecule has 1 aromatic heterocycles. The van der Waals surface area contributed by atoms with Gasteiger partial charge in [-0.25, -0.2) is 0 Å². The molecule has 2 N–H and O–H groups in total. The van der Waals surface area contributed by atoms with Gasteiger partial charge in [0.05, 0.1) is 10.5 Å². The number of hydrogen-bond donors (Lipinski definition) is 1. The molecule has 1 aliphatic heterocycles. The Hall–Kier alpha value is -2.17. The van der Waals surface area contributed by atoms with Crippen molar-refractivity contribution in [3.63, 3.8) is 0 Å². The molecule has 2 aromatic carbocycles. The summed E-state index contributed by atoms with van der Waals surface area (Å²) in [5.41, 5.74) is 12.2. The zero-order valence-electron chi connectivity index (χ0n) is 15.4. The van der Waals surface area contributed by atoms with Gasteiger partial charge in [-0.15, -0.1) is 0 Å². The quantitative estimate of drug-likeness (QED) is 0.667. The van der Waals surface area contributed by atoms with E-state index in [2.05, 4.69) is 70.5 Å². The number of nitrogens with zero attached hydrogens (tertiary/aromatic N) is 1. The molecule has 0 bridgehead atoms. The molecule has 0 fully saturated rings. The molecule has 27 heavy (non-hydrogen) atoms. The van der Waals surface area contributed by atoms with Crippen LogP contribution in [0.25, 0.3) is 11.1 Å². The maximum absolute atomic E-state index is 12.9. The molecular formula is C23H23BrN2O. The second kappa shape index (κ2) is 7.45. The van der Waals surface area contributed by atoms with Crippen molar-refractivity contribution < 1.29 is 0 Å². The number of aromatic nitrogens is 1. The summed E-state index contributed by atoms with van der Waals surface area (Å²) >= 11 is 3.46. The minimum atomic E-state index is -0.0239. The average Bonchev–Trinajstić information content (AvgIpc) is 2.69. The molecule has 1 aliphatic rings. The van der Waals surface area contributed by atoms with Crippen molar-refractivity contribution in [2.45, 2.75) is 38.3 Å². The smallest absolute Gasteiger partial charge is 0.265 e. The first kappa shape index (κ1) is 18.2. The monoisotopic (exact) mass is 422 g/mol. The number of halogens is 1. The van der Waals surface area contributed by atoms with Crippen LogP contribution in [0.5, 0.6) is 0 Å². The minimum Gasteiger partial charge on any atom is -0.326 e. The molecule has 2 atom stereocenters. The van der Waals surface area contributed by atoms with Crippen molar-refractivity contribution in [2.75, 3.05) is 0 Å². The first-order valence-corrected chi connectivity index (χ1v) is 10.1. The fourth-order valence-electron chi connectivity index (χ4n) is 4.03. The minimum absolute atomic E-state index is 0.0230. The van der Waals surface area contributed by atoms with E-state index in [1.165, 1.54) is 16.7 Å². The topological polar surface area (TPSA) is 48.0 Å². The van der Waals surface area contributed by atoms with Crippen LogP contribution in [0, 0.1) is 6.92 Å². The highest BCUT2D eigenvalue weighted by atomic mass is 79.9. The van der Waals surface area contributed by atoms with Gasteiger partial charge in [-0.05, 0) is 70.4 Å². The Labute approximate surface area is 168 Å². The number of pyridine rings is 1. The van der Waals surface area contributed by atoms with Crippen LogP contribution in [0.4, 0.5) is 0 Å². The van der Waals surface area contributed by atoms with Crippen LogP contribution in [0.1, 0.15) is 29.3 Å². The van der Waals surface area contributed by atoms with Gasteiger partial charge < -0.3 is 10.3 Å². The van der Waals surface area contributed by atoms with Crippen LogP contribution < -0.4 is 11.3 Å². The normalized spacial score (nSPS) is 18.9. The third kappa shape index (κ3) is 3.52. The van der Waals surface area contributed by atoms with E-state index < -0.39 is 0 Å². The van der Waals surface area contributed by atoms with Gasteiger partial charge in [-0.3, -0.25) is 4.79 Å². The molecule has 0 spiro atoms. The van der Waals surface area contributed by atoms with Gasteiger partial charge in [0.1, 0.15) is 0 Å². The highest BCUT2D eigenvalue weighted by Crippen LogP contribution is 2.29. The molecule has 0 radical (unpaired) electrons. The number of fused-ring (bicyclic) bond motifs is 1. The first-order valence-electron chi connectivity index (χ1n) is 9.35. The molecule has 4 heteroatoms. The van der Waals surface area contributed by atoms with Crippen LogP contribution in [0.2, 0.25) is 0 Å². The molecule has 2 heterocycles. The Bertz CT molecular complexity index is 1030. The molecule has 3 nitrogen and oxygen atoms in total. The Kier molecular flexibility index (Phi) is 5.02. The van der Waals surface area contributed by atoms with E-state index in [0.717, 1.165) is 30.5 Å². The standard InChI is InChI=1S/C23H23BrN2O/c1-15-12-19-10-11-20(25)21(26(19)23(27)22(15)24)14-16-6-5-9-18(13-16)17-7-3-2-4-8-17/h2-9,12-13,20-21H,10-11,14,25H2,1H3. The molecule has 3 aromatic rings. The molecular weight excluding hydrogens is 400 g/mol. The molecule has 2 unspecified atom stereocenters. The number of benzene rings is 2. The summed E-state index contributed by atoms with van der Waals surface area (Å²) in [6.45, 7) is 1.97. The van der Waals surface area contributed by atoms with Crippen molar-refractivity contribution in [1.29, 1.82) is 0 Å². The van der Waals surface area contributed by atoms with E-state index in [1.54, 1.807) is 0 Å². The molecule has 138 valence electrons. The summed E-state index contributed by atoms with van der Waals surface area (Å²) in [4.78, 5) is 12.9. The highest BCUT2D eigenvalue weighted by molar-refractivity contribution is 9.10. The second-order valence-corrected chi connectivity index (χ2v) is 8.14. The van der Waals surface area contributed by atoms with Crippen molar-refractivity contribution in [3.8, 4) is 11.1 Å². The fourth-order valence-corrected chi connectivity index (χ4v) is 4.34. The van der Waals surface area contributed by atoms with Gasteiger partial charge in [0, 0.05) is 11.7 Å². The zero-order valence-corrected chi connectivity index (χ0v) is 16.9. The molecule has 0 saturated carbocycles.